The van der Waals surface area contributed by atoms with Crippen molar-refractivity contribution in [3.63, 3.8) is 0 Å². The zero-order valence-electron chi connectivity index (χ0n) is 17.6. The van der Waals surface area contributed by atoms with Gasteiger partial charge in [-0.3, -0.25) is 9.59 Å². The number of carbonyl (C=O) groups excluding carboxylic acids is 2. The summed E-state index contributed by atoms with van der Waals surface area (Å²) in [7, 11) is -3.63. The summed E-state index contributed by atoms with van der Waals surface area (Å²) in [6, 6.07) is 3.57. The van der Waals surface area contributed by atoms with Crippen LogP contribution in [0.1, 0.15) is 45.2 Å². The highest BCUT2D eigenvalue weighted by atomic mass is 32.2. The molecule has 0 radical (unpaired) electrons. The quantitative estimate of drug-likeness (QED) is 0.732. The molecule has 3 aliphatic heterocycles. The van der Waals surface area contributed by atoms with Gasteiger partial charge in [0.15, 0.2) is 0 Å². The molecule has 3 heterocycles. The smallest absolute Gasteiger partial charge is 0.243 e. The van der Waals surface area contributed by atoms with Gasteiger partial charge in [0.2, 0.25) is 21.8 Å². The molecule has 7 nitrogen and oxygen atoms in total. The van der Waals surface area contributed by atoms with Crippen molar-refractivity contribution in [2.24, 2.45) is 5.41 Å². The number of sulfonamides is 1. The topological polar surface area (TPSA) is 78.0 Å². The Kier molecular flexibility index (Phi) is 4.77. The van der Waals surface area contributed by atoms with Crippen LogP contribution in [-0.2, 0) is 32.5 Å². The molecule has 0 aromatic heterocycles. The third kappa shape index (κ3) is 3.36. The van der Waals surface area contributed by atoms with Crippen molar-refractivity contribution in [1.29, 1.82) is 0 Å². The van der Waals surface area contributed by atoms with Crippen molar-refractivity contribution in [3.05, 3.63) is 23.3 Å². The molecule has 1 saturated heterocycles. The lowest BCUT2D eigenvalue weighted by Crippen LogP contribution is -2.52. The minimum Gasteiger partial charge on any atom is -0.340 e. The number of benzene rings is 1. The zero-order chi connectivity index (χ0) is 21.1. The highest BCUT2D eigenvalue weighted by Crippen LogP contribution is 2.41. The van der Waals surface area contributed by atoms with E-state index in [-0.39, 0.29) is 17.9 Å². The molecule has 158 valence electrons. The molecule has 8 heteroatoms. The predicted molar refractivity (Wildman–Crippen MR) is 110 cm³/mol. The van der Waals surface area contributed by atoms with Crippen molar-refractivity contribution in [1.82, 2.24) is 9.21 Å². The van der Waals surface area contributed by atoms with Gasteiger partial charge in [-0.2, -0.15) is 4.31 Å². The van der Waals surface area contributed by atoms with E-state index in [4.69, 9.17) is 0 Å². The van der Waals surface area contributed by atoms with Gasteiger partial charge in [-0.15, -0.1) is 0 Å². The van der Waals surface area contributed by atoms with Crippen LogP contribution in [-0.4, -0.2) is 61.7 Å². The zero-order valence-corrected chi connectivity index (χ0v) is 18.4. The van der Waals surface area contributed by atoms with Crippen molar-refractivity contribution < 1.29 is 18.0 Å². The van der Waals surface area contributed by atoms with Crippen LogP contribution in [0.5, 0.6) is 0 Å². The number of nitrogens with zero attached hydrogens (tertiary/aromatic N) is 3. The largest absolute Gasteiger partial charge is 0.340 e. The first-order chi connectivity index (χ1) is 13.5. The summed E-state index contributed by atoms with van der Waals surface area (Å²) in [5.74, 6) is 0.175. The number of amides is 2. The van der Waals surface area contributed by atoms with Crippen LogP contribution in [0.2, 0.25) is 0 Å². The summed E-state index contributed by atoms with van der Waals surface area (Å²) in [6.45, 7) is 9.07. The third-order valence-corrected chi connectivity index (χ3v) is 8.00. The van der Waals surface area contributed by atoms with Crippen LogP contribution in [0, 0.1) is 5.41 Å². The van der Waals surface area contributed by atoms with Crippen LogP contribution in [0.15, 0.2) is 17.0 Å². The van der Waals surface area contributed by atoms with Crippen molar-refractivity contribution >= 4 is 27.5 Å². The Morgan fingerprint density at radius 2 is 1.66 bits per heavy atom. The molecule has 0 spiro atoms. The highest BCUT2D eigenvalue weighted by Gasteiger charge is 2.39. The SMILES string of the molecule is C[C@@H]1Cc2cc(S(=O)(=O)N3CCN(C(=O)C(C)(C)C)CC3)cc3c2N1C(=O)CC3. The second-order valence-corrected chi connectivity index (χ2v) is 11.3. The van der Waals surface area contributed by atoms with E-state index in [0.717, 1.165) is 16.8 Å². The number of rotatable bonds is 2. The summed E-state index contributed by atoms with van der Waals surface area (Å²) in [5.41, 5.74) is 2.35. The fraction of sp³-hybridized carbons (Fsp3) is 0.619. The Morgan fingerprint density at radius 3 is 2.28 bits per heavy atom. The minimum absolute atomic E-state index is 0.0512. The second-order valence-electron chi connectivity index (χ2n) is 9.35. The van der Waals surface area contributed by atoms with Gasteiger partial charge in [-0.05, 0) is 43.0 Å². The number of piperazine rings is 1. The van der Waals surface area contributed by atoms with Crippen molar-refractivity contribution in [2.45, 2.75) is 57.9 Å². The fourth-order valence-electron chi connectivity index (χ4n) is 4.65. The molecular weight excluding hydrogens is 390 g/mol. The number of hydrogen-bond donors (Lipinski definition) is 0. The van der Waals surface area contributed by atoms with Crippen molar-refractivity contribution in [2.75, 3.05) is 31.1 Å². The first kappa shape index (κ1) is 20.3. The average Bonchev–Trinajstić information content (AvgIpc) is 3.00. The summed E-state index contributed by atoms with van der Waals surface area (Å²) < 4.78 is 28.1. The minimum atomic E-state index is -3.63. The Bertz CT molecular complexity index is 972. The summed E-state index contributed by atoms with van der Waals surface area (Å²) in [4.78, 5) is 28.7. The molecule has 0 saturated carbocycles. The Morgan fingerprint density at radius 1 is 1.03 bits per heavy atom. The van der Waals surface area contributed by atoms with Gasteiger partial charge < -0.3 is 9.80 Å². The molecular formula is C21H29N3O4S. The standard InChI is InChI=1S/C21H29N3O4S/c1-14-11-16-13-17(12-15-5-6-18(25)24(14)19(15)16)29(27,28)23-9-7-22(8-10-23)20(26)21(2,3)4/h12-14H,5-11H2,1-4H3/t14-/m1/s1. The number of aryl methyl sites for hydroxylation is 1. The lowest BCUT2D eigenvalue weighted by atomic mass is 9.94. The molecule has 1 aromatic carbocycles. The first-order valence-corrected chi connectivity index (χ1v) is 11.7. The summed E-state index contributed by atoms with van der Waals surface area (Å²) in [5, 5.41) is 0. The molecule has 2 amide bonds. The molecule has 0 unspecified atom stereocenters. The molecule has 0 bridgehead atoms. The number of carbonyl (C=O) groups is 2. The summed E-state index contributed by atoms with van der Waals surface area (Å²) in [6.07, 6.45) is 1.70. The molecule has 1 fully saturated rings. The van der Waals surface area contributed by atoms with Gasteiger partial charge in [0.05, 0.1) is 10.6 Å². The van der Waals surface area contributed by atoms with Crippen LogP contribution in [0.25, 0.3) is 0 Å². The number of hydrogen-bond acceptors (Lipinski definition) is 4. The molecule has 0 N–H and O–H groups in total. The molecule has 29 heavy (non-hydrogen) atoms. The molecule has 1 atom stereocenters. The predicted octanol–water partition coefficient (Wildman–Crippen LogP) is 1.79. The van der Waals surface area contributed by atoms with Crippen LogP contribution < -0.4 is 4.90 Å². The summed E-state index contributed by atoms with van der Waals surface area (Å²) >= 11 is 0. The lowest BCUT2D eigenvalue weighted by Gasteiger charge is -2.37. The molecule has 3 aliphatic rings. The Labute approximate surface area is 172 Å². The average molecular weight is 420 g/mol. The van der Waals surface area contributed by atoms with Gasteiger partial charge in [0.25, 0.3) is 0 Å². The van der Waals surface area contributed by atoms with E-state index >= 15 is 0 Å². The Hall–Kier alpha value is -1.93. The Balaban J connectivity index is 1.58. The van der Waals surface area contributed by atoms with Crippen molar-refractivity contribution in [3.8, 4) is 0 Å². The van der Waals surface area contributed by atoms with E-state index in [2.05, 4.69) is 0 Å². The van der Waals surface area contributed by atoms with Gasteiger partial charge >= 0.3 is 0 Å². The van der Waals surface area contributed by atoms with Crippen LogP contribution >= 0.6 is 0 Å². The van der Waals surface area contributed by atoms with Crippen LogP contribution in [0.3, 0.4) is 0 Å². The van der Waals surface area contributed by atoms with Gasteiger partial charge in [0, 0.05) is 44.1 Å². The van der Waals surface area contributed by atoms with E-state index in [1.165, 1.54) is 4.31 Å². The van der Waals surface area contributed by atoms with E-state index in [9.17, 15) is 18.0 Å². The fourth-order valence-corrected chi connectivity index (χ4v) is 6.17. The van der Waals surface area contributed by atoms with Crippen LogP contribution in [0.4, 0.5) is 5.69 Å². The van der Waals surface area contributed by atoms with Gasteiger partial charge in [-0.25, -0.2) is 8.42 Å². The maximum absolute atomic E-state index is 13.3. The lowest BCUT2D eigenvalue weighted by molar-refractivity contribution is -0.140. The molecule has 1 aromatic rings. The molecule has 4 rings (SSSR count). The van der Waals surface area contributed by atoms with Gasteiger partial charge in [0.1, 0.15) is 0 Å². The normalized spacial score (nSPS) is 22.8. The molecule has 0 aliphatic carbocycles. The van der Waals surface area contributed by atoms with E-state index in [0.29, 0.717) is 50.3 Å². The third-order valence-electron chi connectivity index (χ3n) is 6.12. The first-order valence-electron chi connectivity index (χ1n) is 10.3. The van der Waals surface area contributed by atoms with E-state index in [1.807, 2.05) is 32.6 Å². The number of anilines is 1. The monoisotopic (exact) mass is 419 g/mol. The van der Waals surface area contributed by atoms with E-state index < -0.39 is 15.4 Å². The maximum Gasteiger partial charge on any atom is 0.243 e. The van der Waals surface area contributed by atoms with Gasteiger partial charge in [-0.1, -0.05) is 20.8 Å². The highest BCUT2D eigenvalue weighted by molar-refractivity contribution is 7.89. The second kappa shape index (κ2) is 6.80. The van der Waals surface area contributed by atoms with E-state index in [1.54, 1.807) is 17.0 Å². The maximum atomic E-state index is 13.3.